The van der Waals surface area contributed by atoms with E-state index in [0.717, 1.165) is 25.0 Å². The largest absolute Gasteiger partial charge is 0.480 e. The Labute approximate surface area is 281 Å². The fraction of sp³-hybridized carbons (Fsp3) is 0.800. The van der Waals surface area contributed by atoms with E-state index >= 15 is 0 Å². The number of hydrogen-bond donors (Lipinski definition) is 4. The maximum Gasteiger partial charge on any atom is 0.326 e. The zero-order valence-corrected chi connectivity index (χ0v) is 29.1. The Kier molecular flexibility index (Phi) is 22.8. The highest BCUT2D eigenvalue weighted by Gasteiger charge is 2.23. The first-order chi connectivity index (χ1) is 22.5. The van der Waals surface area contributed by atoms with Gasteiger partial charge < -0.3 is 20.8 Å². The van der Waals surface area contributed by atoms with Crippen LogP contribution in [-0.2, 0) is 36.9 Å². The fourth-order valence-corrected chi connectivity index (χ4v) is 5.35. The summed E-state index contributed by atoms with van der Waals surface area (Å²) < 4.78 is 1.66. The molecule has 0 fully saturated rings. The molecular formula is C35H61N5O7. The Morgan fingerprint density at radius 3 is 1.72 bits per heavy atom. The second kappa shape index (κ2) is 25.7. The van der Waals surface area contributed by atoms with Crippen molar-refractivity contribution in [2.24, 2.45) is 5.92 Å². The first-order valence-corrected chi connectivity index (χ1v) is 18.0. The highest BCUT2D eigenvalue weighted by Crippen LogP contribution is 2.13. The molecule has 0 aliphatic carbocycles. The highest BCUT2D eigenvalue weighted by atomic mass is 16.4. The summed E-state index contributed by atoms with van der Waals surface area (Å²) in [6, 6.07) is -2.32. The lowest BCUT2D eigenvalue weighted by Crippen LogP contribution is -2.43. The number of aromatic nitrogens is 3. The fourth-order valence-electron chi connectivity index (χ4n) is 5.35. The number of aliphatic carboxylic acids is 2. The van der Waals surface area contributed by atoms with E-state index in [1.165, 1.54) is 57.8 Å². The van der Waals surface area contributed by atoms with Gasteiger partial charge in [-0.15, -0.1) is 5.10 Å². The topological polar surface area (TPSA) is 181 Å². The maximum atomic E-state index is 12.5. The minimum Gasteiger partial charge on any atom is -0.480 e. The molecule has 268 valence electrons. The predicted molar refractivity (Wildman–Crippen MR) is 181 cm³/mol. The Bertz CT molecular complexity index is 1060. The van der Waals surface area contributed by atoms with Crippen molar-refractivity contribution in [1.82, 2.24) is 25.6 Å². The van der Waals surface area contributed by atoms with Crippen LogP contribution in [0.2, 0.25) is 0 Å². The molecule has 47 heavy (non-hydrogen) atoms. The van der Waals surface area contributed by atoms with Crippen molar-refractivity contribution in [2.45, 2.75) is 174 Å². The van der Waals surface area contributed by atoms with Gasteiger partial charge in [0.25, 0.3) is 0 Å². The summed E-state index contributed by atoms with van der Waals surface area (Å²) in [7, 11) is 0. The number of carboxylic acid groups (broad SMARTS) is 2. The number of amides is 2. The van der Waals surface area contributed by atoms with Crippen molar-refractivity contribution in [3.63, 3.8) is 0 Å². The normalized spacial score (nSPS) is 12.5. The van der Waals surface area contributed by atoms with Crippen LogP contribution in [0.5, 0.6) is 0 Å². The molecule has 0 aliphatic heterocycles. The van der Waals surface area contributed by atoms with Gasteiger partial charge in [-0.1, -0.05) is 103 Å². The average molecular weight is 664 g/mol. The van der Waals surface area contributed by atoms with E-state index in [-0.39, 0.29) is 43.3 Å². The standard InChI is InChI=1S/C35H61N5O7/c1-4-5-6-7-8-9-10-11-12-13-14-15-16-20-32(42)37-30(35(46)47)22-24-33(43)36-29(34(44)45)19-17-18-25-40-26-28(38-39-40)21-23-31(41)27(2)3/h26-27,29-30H,4-25H2,1-3H3,(H,36,43)(H,37,42)(H,44,45)(H,46,47)/t29-,30-/m0/s1. The molecule has 12 heteroatoms. The van der Waals surface area contributed by atoms with Gasteiger partial charge in [-0.3, -0.25) is 19.1 Å². The summed E-state index contributed by atoms with van der Waals surface area (Å²) in [4.78, 5) is 60.0. The number of nitrogens with zero attached hydrogens (tertiary/aromatic N) is 3. The van der Waals surface area contributed by atoms with Gasteiger partial charge >= 0.3 is 11.9 Å². The average Bonchev–Trinajstić information content (AvgIpc) is 3.49. The number of aryl methyl sites for hydroxylation is 2. The SMILES string of the molecule is CCCCCCCCCCCCCCCC(=O)N[C@@H](CCC(=O)N[C@@H](CCCCn1cc(CCC(=O)C(C)C)nn1)C(=O)O)C(=O)O. The van der Waals surface area contributed by atoms with E-state index in [1.807, 2.05) is 13.8 Å². The molecule has 2 atom stereocenters. The summed E-state index contributed by atoms with van der Waals surface area (Å²) in [5.74, 6) is -3.18. The second-order valence-electron chi connectivity index (χ2n) is 13.0. The maximum absolute atomic E-state index is 12.5. The van der Waals surface area contributed by atoms with Gasteiger partial charge in [0.15, 0.2) is 0 Å². The molecular weight excluding hydrogens is 602 g/mol. The third-order valence-corrected chi connectivity index (χ3v) is 8.42. The summed E-state index contributed by atoms with van der Waals surface area (Å²) in [6.45, 7) is 6.47. The smallest absolute Gasteiger partial charge is 0.326 e. The molecule has 0 aliphatic rings. The number of carbonyl (C=O) groups excluding carboxylic acids is 3. The molecule has 0 radical (unpaired) electrons. The van der Waals surface area contributed by atoms with Gasteiger partial charge in [-0.2, -0.15) is 0 Å². The van der Waals surface area contributed by atoms with Crippen LogP contribution in [0.15, 0.2) is 6.20 Å². The quantitative estimate of drug-likeness (QED) is 0.0717. The third-order valence-electron chi connectivity index (χ3n) is 8.42. The van der Waals surface area contributed by atoms with E-state index in [2.05, 4.69) is 27.9 Å². The Morgan fingerprint density at radius 1 is 0.681 bits per heavy atom. The first-order valence-electron chi connectivity index (χ1n) is 18.0. The van der Waals surface area contributed by atoms with E-state index in [4.69, 9.17) is 0 Å². The molecule has 0 saturated heterocycles. The molecule has 1 aromatic heterocycles. The Hall–Kier alpha value is -3.31. The number of rotatable bonds is 30. The molecule has 0 aromatic carbocycles. The molecule has 1 aromatic rings. The lowest BCUT2D eigenvalue weighted by Gasteiger charge is -2.17. The van der Waals surface area contributed by atoms with Crippen LogP contribution < -0.4 is 10.6 Å². The number of hydrogen-bond acceptors (Lipinski definition) is 7. The molecule has 1 rings (SSSR count). The minimum absolute atomic E-state index is 0.0177. The zero-order chi connectivity index (χ0) is 34.9. The van der Waals surface area contributed by atoms with E-state index in [0.29, 0.717) is 38.6 Å². The predicted octanol–water partition coefficient (Wildman–Crippen LogP) is 6.01. The first kappa shape index (κ1) is 41.7. The Morgan fingerprint density at radius 2 is 1.19 bits per heavy atom. The number of unbranched alkanes of at least 4 members (excludes halogenated alkanes) is 13. The molecule has 4 N–H and O–H groups in total. The van der Waals surface area contributed by atoms with Crippen LogP contribution in [0, 0.1) is 5.92 Å². The number of nitrogens with one attached hydrogen (secondary N) is 2. The molecule has 0 spiro atoms. The van der Waals surface area contributed by atoms with Crippen LogP contribution in [0.25, 0.3) is 0 Å². The Balaban J connectivity index is 2.24. The molecule has 0 unspecified atom stereocenters. The van der Waals surface area contributed by atoms with Crippen molar-refractivity contribution in [1.29, 1.82) is 0 Å². The van der Waals surface area contributed by atoms with Crippen molar-refractivity contribution in [3.05, 3.63) is 11.9 Å². The third kappa shape index (κ3) is 21.2. The van der Waals surface area contributed by atoms with E-state index in [9.17, 15) is 34.2 Å². The lowest BCUT2D eigenvalue weighted by atomic mass is 10.0. The molecule has 12 nitrogen and oxygen atoms in total. The van der Waals surface area contributed by atoms with Crippen molar-refractivity contribution in [2.75, 3.05) is 0 Å². The highest BCUT2D eigenvalue weighted by molar-refractivity contribution is 5.86. The summed E-state index contributed by atoms with van der Waals surface area (Å²) >= 11 is 0. The number of Topliss-reactive ketones (excluding diaryl/α,β-unsaturated/α-hetero) is 1. The van der Waals surface area contributed by atoms with Crippen LogP contribution in [0.4, 0.5) is 0 Å². The molecule has 0 saturated carbocycles. The molecule has 1 heterocycles. The second-order valence-corrected chi connectivity index (χ2v) is 13.0. The van der Waals surface area contributed by atoms with Crippen LogP contribution in [0.3, 0.4) is 0 Å². The number of carboxylic acids is 2. The minimum atomic E-state index is -1.23. The van der Waals surface area contributed by atoms with Gasteiger partial charge in [0.2, 0.25) is 11.8 Å². The zero-order valence-electron chi connectivity index (χ0n) is 29.1. The van der Waals surface area contributed by atoms with Crippen LogP contribution >= 0.6 is 0 Å². The van der Waals surface area contributed by atoms with Gasteiger partial charge in [0, 0.05) is 44.3 Å². The molecule has 0 bridgehead atoms. The van der Waals surface area contributed by atoms with Crippen molar-refractivity contribution in [3.8, 4) is 0 Å². The van der Waals surface area contributed by atoms with Gasteiger partial charge in [-0.25, -0.2) is 9.59 Å². The van der Waals surface area contributed by atoms with Crippen molar-refractivity contribution >= 4 is 29.5 Å². The van der Waals surface area contributed by atoms with Crippen LogP contribution in [0.1, 0.15) is 155 Å². The summed E-state index contributed by atoms with van der Waals surface area (Å²) in [6.07, 6.45) is 19.4. The number of carbonyl (C=O) groups is 5. The summed E-state index contributed by atoms with van der Waals surface area (Å²) in [5.41, 5.74) is 0.727. The van der Waals surface area contributed by atoms with E-state index in [1.54, 1.807) is 10.9 Å². The van der Waals surface area contributed by atoms with E-state index < -0.39 is 29.9 Å². The monoisotopic (exact) mass is 663 g/mol. The van der Waals surface area contributed by atoms with Crippen molar-refractivity contribution < 1.29 is 34.2 Å². The molecule has 2 amide bonds. The summed E-state index contributed by atoms with van der Waals surface area (Å²) in [5, 5.41) is 32.2. The van der Waals surface area contributed by atoms with Gasteiger partial charge in [0.1, 0.15) is 17.9 Å². The van der Waals surface area contributed by atoms with Gasteiger partial charge in [-0.05, 0) is 32.1 Å². The number of ketones is 1. The van der Waals surface area contributed by atoms with Gasteiger partial charge in [0.05, 0.1) is 5.69 Å². The van der Waals surface area contributed by atoms with Crippen LogP contribution in [-0.4, -0.2) is 66.8 Å². The lowest BCUT2D eigenvalue weighted by molar-refractivity contribution is -0.143.